The Morgan fingerprint density at radius 1 is 0.971 bits per heavy atom. The maximum atomic E-state index is 13.1. The Morgan fingerprint density at radius 3 is 2.14 bits per heavy atom. The molecule has 3 aliphatic rings. The number of rotatable bonds is 7. The first-order chi connectivity index (χ1) is 16.8. The average Bonchev–Trinajstić information content (AvgIpc) is 2.86. The molecule has 0 heterocycles. The van der Waals surface area contributed by atoms with E-state index in [-0.39, 0.29) is 40.0 Å². The van der Waals surface area contributed by atoms with Gasteiger partial charge in [-0.25, -0.2) is 13.1 Å². The molecule has 1 amide bonds. The van der Waals surface area contributed by atoms with Crippen LogP contribution in [0.4, 0.5) is 0 Å². The van der Waals surface area contributed by atoms with Crippen molar-refractivity contribution in [3.63, 3.8) is 0 Å². The van der Waals surface area contributed by atoms with Gasteiger partial charge in [-0.1, -0.05) is 48.5 Å². The molecular formula is C28H30N2O4S. The molecule has 7 heteroatoms. The molecule has 6 rings (SSSR count). The second kappa shape index (κ2) is 9.13. The third kappa shape index (κ3) is 4.23. The predicted octanol–water partition coefficient (Wildman–Crippen LogP) is 4.41. The smallest absolute Gasteiger partial charge is 0.251 e. The summed E-state index contributed by atoms with van der Waals surface area (Å²) in [5.74, 6) is 0.728. The van der Waals surface area contributed by atoms with Gasteiger partial charge in [0.15, 0.2) is 0 Å². The molecule has 2 bridgehead atoms. The second-order valence-corrected chi connectivity index (χ2v) is 11.3. The van der Waals surface area contributed by atoms with E-state index in [1.165, 1.54) is 41.5 Å². The van der Waals surface area contributed by atoms with Gasteiger partial charge in [0.2, 0.25) is 10.0 Å². The minimum atomic E-state index is -3.82. The Labute approximate surface area is 206 Å². The number of methoxy groups -OCH3 is 1. The van der Waals surface area contributed by atoms with Gasteiger partial charge in [0.25, 0.3) is 5.91 Å². The fourth-order valence-corrected chi connectivity index (χ4v) is 7.13. The SMILES string of the molecule is COc1ccc(C(=O)NCC2CC3c4ccccc4C2c2ccccc23)cc1S(=O)(=O)NC(C)C. The van der Waals surface area contributed by atoms with Crippen LogP contribution in [0.3, 0.4) is 0 Å². The Hall–Kier alpha value is -3.16. The molecule has 0 aromatic heterocycles. The summed E-state index contributed by atoms with van der Waals surface area (Å²) >= 11 is 0. The van der Waals surface area contributed by atoms with Gasteiger partial charge in [0.1, 0.15) is 10.6 Å². The van der Waals surface area contributed by atoms with Gasteiger partial charge in [0.05, 0.1) is 7.11 Å². The van der Waals surface area contributed by atoms with Crippen molar-refractivity contribution >= 4 is 15.9 Å². The van der Waals surface area contributed by atoms with E-state index in [4.69, 9.17) is 4.74 Å². The summed E-state index contributed by atoms with van der Waals surface area (Å²) in [6, 6.07) is 21.5. The minimum absolute atomic E-state index is 0.0408. The van der Waals surface area contributed by atoms with Crippen LogP contribution in [-0.2, 0) is 10.0 Å². The first-order valence-corrected chi connectivity index (χ1v) is 13.4. The second-order valence-electron chi connectivity index (χ2n) is 9.64. The highest BCUT2D eigenvalue weighted by Crippen LogP contribution is 2.55. The summed E-state index contributed by atoms with van der Waals surface area (Å²) < 4.78 is 33.4. The Kier molecular flexibility index (Phi) is 6.15. The van der Waals surface area contributed by atoms with Crippen molar-refractivity contribution in [2.24, 2.45) is 5.92 Å². The summed E-state index contributed by atoms with van der Waals surface area (Å²) in [7, 11) is -2.41. The molecule has 1 unspecified atom stereocenters. The fourth-order valence-electron chi connectivity index (χ4n) is 5.69. The maximum absolute atomic E-state index is 13.1. The van der Waals surface area contributed by atoms with E-state index in [0.29, 0.717) is 12.5 Å². The van der Waals surface area contributed by atoms with Crippen molar-refractivity contribution < 1.29 is 17.9 Å². The topological polar surface area (TPSA) is 84.5 Å². The number of nitrogens with one attached hydrogen (secondary N) is 2. The van der Waals surface area contributed by atoms with Crippen molar-refractivity contribution in [3.8, 4) is 5.75 Å². The number of ether oxygens (including phenoxy) is 1. The molecule has 3 aliphatic carbocycles. The van der Waals surface area contributed by atoms with Crippen molar-refractivity contribution in [2.75, 3.05) is 13.7 Å². The standard InChI is InChI=1S/C28H30N2O4S/c1-17(2)30-35(32,33)26-15-18(12-13-25(26)34-3)28(31)29-16-19-14-24-20-8-4-6-10-22(20)27(19)23-11-7-5-9-21(23)24/h4-13,15,17,19,24,27,30H,14,16H2,1-3H3,(H,29,31). The highest BCUT2D eigenvalue weighted by atomic mass is 32.2. The highest BCUT2D eigenvalue weighted by molar-refractivity contribution is 7.89. The summed E-state index contributed by atoms with van der Waals surface area (Å²) in [5, 5.41) is 3.08. The van der Waals surface area contributed by atoms with Gasteiger partial charge in [-0.3, -0.25) is 4.79 Å². The number of carbonyl (C=O) groups excluding carboxylic acids is 1. The van der Waals surface area contributed by atoms with Gasteiger partial charge in [-0.2, -0.15) is 0 Å². The molecule has 0 fully saturated rings. The molecule has 0 saturated carbocycles. The number of hydrogen-bond donors (Lipinski definition) is 2. The van der Waals surface area contributed by atoms with Crippen LogP contribution < -0.4 is 14.8 Å². The first kappa shape index (κ1) is 23.6. The lowest BCUT2D eigenvalue weighted by Gasteiger charge is -2.45. The van der Waals surface area contributed by atoms with Gasteiger partial charge in [-0.05, 0) is 66.6 Å². The van der Waals surface area contributed by atoms with E-state index >= 15 is 0 Å². The minimum Gasteiger partial charge on any atom is -0.495 e. The Balaban J connectivity index is 1.39. The molecule has 182 valence electrons. The molecule has 0 spiro atoms. The Bertz CT molecular complexity index is 1340. The van der Waals surface area contributed by atoms with Crippen LogP contribution in [0.15, 0.2) is 71.6 Å². The quantitative estimate of drug-likeness (QED) is 0.514. The predicted molar refractivity (Wildman–Crippen MR) is 135 cm³/mol. The number of benzene rings is 3. The van der Waals surface area contributed by atoms with Gasteiger partial charge in [-0.15, -0.1) is 0 Å². The summed E-state index contributed by atoms with van der Waals surface area (Å²) in [4.78, 5) is 13.1. The molecule has 6 nitrogen and oxygen atoms in total. The summed E-state index contributed by atoms with van der Waals surface area (Å²) in [6.07, 6.45) is 0.972. The number of hydrogen-bond acceptors (Lipinski definition) is 4. The first-order valence-electron chi connectivity index (χ1n) is 12.0. The molecule has 3 aromatic carbocycles. The summed E-state index contributed by atoms with van der Waals surface area (Å²) in [6.45, 7) is 4.00. The van der Waals surface area contributed by atoms with Crippen molar-refractivity contribution in [1.29, 1.82) is 0 Å². The lowest BCUT2D eigenvalue weighted by atomic mass is 9.59. The molecule has 1 atom stereocenters. The van der Waals surface area contributed by atoms with E-state index in [2.05, 4.69) is 58.6 Å². The maximum Gasteiger partial charge on any atom is 0.251 e. The van der Waals surface area contributed by atoms with Crippen molar-refractivity contribution in [2.45, 2.75) is 43.0 Å². The summed E-state index contributed by atoms with van der Waals surface area (Å²) in [5.41, 5.74) is 5.76. The van der Waals surface area contributed by atoms with E-state index in [1.54, 1.807) is 19.9 Å². The van der Waals surface area contributed by atoms with Gasteiger partial charge >= 0.3 is 0 Å². The fraction of sp³-hybridized carbons (Fsp3) is 0.321. The lowest BCUT2D eigenvalue weighted by molar-refractivity contribution is 0.0942. The molecule has 3 aromatic rings. The van der Waals surface area contributed by atoms with Crippen LogP contribution in [0.25, 0.3) is 0 Å². The van der Waals surface area contributed by atoms with E-state index in [9.17, 15) is 13.2 Å². The number of amides is 1. The number of sulfonamides is 1. The largest absolute Gasteiger partial charge is 0.495 e. The lowest BCUT2D eigenvalue weighted by Crippen LogP contribution is -2.39. The zero-order valence-corrected chi connectivity index (χ0v) is 20.9. The number of fused-ring (bicyclic) bond motifs is 1. The average molecular weight is 491 g/mol. The molecule has 0 aliphatic heterocycles. The third-order valence-corrected chi connectivity index (χ3v) is 8.73. The van der Waals surface area contributed by atoms with Crippen LogP contribution in [0.1, 0.15) is 64.7 Å². The van der Waals surface area contributed by atoms with Crippen LogP contribution in [-0.4, -0.2) is 34.0 Å². The van der Waals surface area contributed by atoms with Crippen LogP contribution in [0.5, 0.6) is 5.75 Å². The van der Waals surface area contributed by atoms with Crippen molar-refractivity contribution in [1.82, 2.24) is 10.0 Å². The van der Waals surface area contributed by atoms with E-state index in [1.807, 2.05) is 0 Å². The molecule has 35 heavy (non-hydrogen) atoms. The van der Waals surface area contributed by atoms with E-state index < -0.39 is 10.0 Å². The van der Waals surface area contributed by atoms with Crippen LogP contribution in [0.2, 0.25) is 0 Å². The molecule has 0 radical (unpaired) electrons. The van der Waals surface area contributed by atoms with Crippen LogP contribution in [0, 0.1) is 5.92 Å². The molecule has 0 saturated heterocycles. The zero-order chi connectivity index (χ0) is 24.7. The molecule has 2 N–H and O–H groups in total. The molecular weight excluding hydrogens is 460 g/mol. The zero-order valence-electron chi connectivity index (χ0n) is 20.1. The van der Waals surface area contributed by atoms with E-state index in [0.717, 1.165) is 6.42 Å². The Morgan fingerprint density at radius 2 is 1.57 bits per heavy atom. The number of carbonyl (C=O) groups is 1. The van der Waals surface area contributed by atoms with Crippen LogP contribution >= 0.6 is 0 Å². The monoisotopic (exact) mass is 490 g/mol. The van der Waals surface area contributed by atoms with Gasteiger partial charge in [0, 0.05) is 30.0 Å². The van der Waals surface area contributed by atoms with Gasteiger partial charge < -0.3 is 10.1 Å². The third-order valence-electron chi connectivity index (χ3n) is 7.05. The highest BCUT2D eigenvalue weighted by Gasteiger charge is 2.42. The van der Waals surface area contributed by atoms with Crippen molar-refractivity contribution in [3.05, 3.63) is 94.5 Å². The normalized spacial score (nSPS) is 20.3.